The van der Waals surface area contributed by atoms with Gasteiger partial charge in [0, 0.05) is 5.56 Å². The Morgan fingerprint density at radius 2 is 2.00 bits per heavy atom. The highest BCUT2D eigenvalue weighted by molar-refractivity contribution is 14.1. The maximum atomic E-state index is 11.9. The summed E-state index contributed by atoms with van der Waals surface area (Å²) < 4.78 is 1.09. The first-order valence-corrected chi connectivity index (χ1v) is 6.88. The second kappa shape index (κ2) is 4.23. The van der Waals surface area contributed by atoms with Crippen LogP contribution in [0.3, 0.4) is 0 Å². The molecule has 5 heteroatoms. The molecule has 0 amide bonds. The van der Waals surface area contributed by atoms with E-state index in [1.807, 2.05) is 30.3 Å². The van der Waals surface area contributed by atoms with E-state index in [2.05, 4.69) is 32.6 Å². The first-order valence-electron chi connectivity index (χ1n) is 4.98. The second-order valence-electron chi connectivity index (χ2n) is 3.53. The van der Waals surface area contributed by atoms with Crippen molar-refractivity contribution < 1.29 is 0 Å². The fraction of sp³-hybridized carbons (Fsp3) is 0. The van der Waals surface area contributed by atoms with E-state index in [1.54, 1.807) is 11.3 Å². The maximum absolute atomic E-state index is 11.9. The van der Waals surface area contributed by atoms with E-state index in [0.717, 1.165) is 18.8 Å². The number of aromatic amines is 1. The summed E-state index contributed by atoms with van der Waals surface area (Å²) in [6, 6.07) is 9.93. The number of nitrogens with one attached hydrogen (secondary N) is 1. The number of thiophene rings is 1. The zero-order valence-corrected chi connectivity index (χ0v) is 11.6. The molecule has 3 rings (SSSR count). The van der Waals surface area contributed by atoms with Gasteiger partial charge in [-0.05, 0) is 28.2 Å². The summed E-state index contributed by atoms with van der Waals surface area (Å²) in [5.41, 5.74) is 1.97. The maximum Gasteiger partial charge on any atom is 0.260 e. The molecule has 0 atom stereocenters. The van der Waals surface area contributed by atoms with E-state index >= 15 is 0 Å². The van der Waals surface area contributed by atoms with Crippen LogP contribution in [0.5, 0.6) is 0 Å². The van der Waals surface area contributed by atoms with Gasteiger partial charge in [-0.3, -0.25) is 4.79 Å². The van der Waals surface area contributed by atoms with Gasteiger partial charge in [0.25, 0.3) is 5.56 Å². The van der Waals surface area contributed by atoms with Crippen molar-refractivity contribution in [2.45, 2.75) is 0 Å². The zero-order valence-electron chi connectivity index (χ0n) is 8.61. The smallest absolute Gasteiger partial charge is 0.260 e. The Morgan fingerprint density at radius 1 is 1.24 bits per heavy atom. The topological polar surface area (TPSA) is 45.8 Å². The number of H-pyrrole nitrogens is 1. The second-order valence-corrected chi connectivity index (χ2v) is 6.34. The van der Waals surface area contributed by atoms with Crippen molar-refractivity contribution in [3.63, 3.8) is 0 Å². The molecule has 17 heavy (non-hydrogen) atoms. The summed E-state index contributed by atoms with van der Waals surface area (Å²) in [4.78, 5) is 19.5. The summed E-state index contributed by atoms with van der Waals surface area (Å²) in [5.74, 6) is 0. The third-order valence-electron chi connectivity index (χ3n) is 2.51. The minimum absolute atomic E-state index is 0.0759. The largest absolute Gasteiger partial charge is 0.313 e. The molecule has 0 saturated heterocycles. The fourth-order valence-electron chi connectivity index (χ4n) is 1.78. The van der Waals surface area contributed by atoms with Crippen LogP contribution in [0.15, 0.2) is 41.5 Å². The minimum atomic E-state index is -0.0759. The highest BCUT2D eigenvalue weighted by atomic mass is 127. The number of hydrogen-bond donors (Lipinski definition) is 1. The molecule has 0 spiro atoms. The van der Waals surface area contributed by atoms with Crippen LogP contribution in [0.25, 0.3) is 21.3 Å². The summed E-state index contributed by atoms with van der Waals surface area (Å²) >= 11 is 3.80. The van der Waals surface area contributed by atoms with Gasteiger partial charge in [0.2, 0.25) is 0 Å². The summed E-state index contributed by atoms with van der Waals surface area (Å²) in [6.45, 7) is 0. The lowest BCUT2D eigenvalue weighted by atomic mass is 10.1. The summed E-state index contributed by atoms with van der Waals surface area (Å²) in [6.07, 6.45) is 1.45. The number of halogens is 1. The van der Waals surface area contributed by atoms with E-state index < -0.39 is 0 Å². The molecular formula is C12H7IN2OS. The molecule has 0 radical (unpaired) electrons. The molecule has 2 aromatic heterocycles. The quantitative estimate of drug-likeness (QED) is 0.682. The molecule has 0 unspecified atom stereocenters. The number of aromatic nitrogens is 2. The van der Waals surface area contributed by atoms with Gasteiger partial charge in [-0.25, -0.2) is 4.98 Å². The van der Waals surface area contributed by atoms with E-state index in [1.165, 1.54) is 6.33 Å². The van der Waals surface area contributed by atoms with Crippen LogP contribution in [0.1, 0.15) is 0 Å². The molecule has 0 fully saturated rings. The van der Waals surface area contributed by atoms with Crippen molar-refractivity contribution in [2.75, 3.05) is 0 Å². The lowest BCUT2D eigenvalue weighted by Crippen LogP contribution is -2.05. The van der Waals surface area contributed by atoms with Crippen LogP contribution in [-0.2, 0) is 0 Å². The molecule has 0 bridgehead atoms. The first-order chi connectivity index (χ1) is 8.27. The fourth-order valence-corrected chi connectivity index (χ4v) is 3.88. The number of rotatable bonds is 1. The van der Waals surface area contributed by atoms with Crippen LogP contribution in [-0.4, -0.2) is 9.97 Å². The summed E-state index contributed by atoms with van der Waals surface area (Å²) in [5, 5.41) is 0.688. The minimum Gasteiger partial charge on any atom is -0.313 e. The number of benzene rings is 1. The molecule has 0 aliphatic rings. The zero-order chi connectivity index (χ0) is 11.8. The van der Waals surface area contributed by atoms with Gasteiger partial charge in [-0.1, -0.05) is 30.3 Å². The lowest BCUT2D eigenvalue weighted by Gasteiger charge is -1.99. The Morgan fingerprint density at radius 3 is 2.76 bits per heavy atom. The van der Waals surface area contributed by atoms with Crippen molar-refractivity contribution in [3.05, 3.63) is 49.9 Å². The molecule has 2 heterocycles. The van der Waals surface area contributed by atoms with E-state index in [-0.39, 0.29) is 5.56 Å². The highest BCUT2D eigenvalue weighted by Gasteiger charge is 2.15. The van der Waals surface area contributed by atoms with Crippen LogP contribution < -0.4 is 5.56 Å². The molecule has 0 aliphatic heterocycles. The molecule has 0 saturated carbocycles. The van der Waals surface area contributed by atoms with Crippen LogP contribution in [0.2, 0.25) is 0 Å². The van der Waals surface area contributed by atoms with Gasteiger partial charge in [-0.2, -0.15) is 0 Å². The Balaban J connectivity index is 2.44. The number of fused-ring (bicyclic) bond motifs is 1. The molecule has 0 aliphatic carbocycles. The third-order valence-corrected chi connectivity index (χ3v) is 4.60. The number of nitrogens with zero attached hydrogens (tertiary/aromatic N) is 1. The van der Waals surface area contributed by atoms with Crippen molar-refractivity contribution >= 4 is 44.1 Å². The van der Waals surface area contributed by atoms with Gasteiger partial charge in [0.05, 0.1) is 14.6 Å². The standard InChI is InChI=1S/C12H7IN2OS/c13-10-8(7-4-2-1-3-5-7)9-11(16)14-6-15-12(9)17-10/h1-6H,(H,14,15,16). The van der Waals surface area contributed by atoms with Gasteiger partial charge >= 0.3 is 0 Å². The van der Waals surface area contributed by atoms with Crippen molar-refractivity contribution in [2.24, 2.45) is 0 Å². The van der Waals surface area contributed by atoms with Gasteiger partial charge in [0.1, 0.15) is 4.83 Å². The molecule has 1 aromatic carbocycles. The van der Waals surface area contributed by atoms with Crippen molar-refractivity contribution in [3.8, 4) is 11.1 Å². The molecule has 1 N–H and O–H groups in total. The third kappa shape index (κ3) is 1.79. The lowest BCUT2D eigenvalue weighted by molar-refractivity contribution is 1.18. The average Bonchev–Trinajstić information content (AvgIpc) is 2.68. The van der Waals surface area contributed by atoms with E-state index in [4.69, 9.17) is 0 Å². The SMILES string of the molecule is O=c1[nH]cnc2sc(I)c(-c3ccccc3)c12. The van der Waals surface area contributed by atoms with Crippen molar-refractivity contribution in [1.82, 2.24) is 9.97 Å². The summed E-state index contributed by atoms with van der Waals surface area (Å²) in [7, 11) is 0. The average molecular weight is 354 g/mol. The molecule has 84 valence electrons. The molecule has 3 nitrogen and oxygen atoms in total. The van der Waals surface area contributed by atoms with Crippen LogP contribution in [0, 0.1) is 2.88 Å². The Kier molecular flexibility index (Phi) is 2.71. The normalized spacial score (nSPS) is 10.9. The van der Waals surface area contributed by atoms with Gasteiger partial charge < -0.3 is 4.98 Å². The van der Waals surface area contributed by atoms with Gasteiger partial charge in [-0.15, -0.1) is 11.3 Å². The Labute approximate surface area is 115 Å². The number of hydrogen-bond acceptors (Lipinski definition) is 3. The monoisotopic (exact) mass is 354 g/mol. The van der Waals surface area contributed by atoms with E-state index in [9.17, 15) is 4.79 Å². The predicted octanol–water partition coefficient (Wildman–Crippen LogP) is 3.26. The van der Waals surface area contributed by atoms with Crippen molar-refractivity contribution in [1.29, 1.82) is 0 Å². The molecular weight excluding hydrogens is 347 g/mol. The Bertz CT molecular complexity index is 733. The first kappa shape index (κ1) is 10.9. The van der Waals surface area contributed by atoms with Crippen LogP contribution in [0.4, 0.5) is 0 Å². The van der Waals surface area contributed by atoms with Gasteiger partial charge in [0.15, 0.2) is 0 Å². The Hall–Kier alpha value is -1.21. The van der Waals surface area contributed by atoms with Crippen LogP contribution >= 0.6 is 33.9 Å². The highest BCUT2D eigenvalue weighted by Crippen LogP contribution is 2.36. The predicted molar refractivity (Wildman–Crippen MR) is 78.4 cm³/mol. The van der Waals surface area contributed by atoms with E-state index in [0.29, 0.717) is 5.39 Å². The molecule has 3 aromatic rings.